The summed E-state index contributed by atoms with van der Waals surface area (Å²) in [5.41, 5.74) is 3.80. The number of rotatable bonds is 6. The van der Waals surface area contributed by atoms with E-state index in [0.717, 1.165) is 6.54 Å². The van der Waals surface area contributed by atoms with Crippen LogP contribution in [-0.4, -0.2) is 27.0 Å². The molecule has 22 heavy (non-hydrogen) atoms. The van der Waals surface area contributed by atoms with Gasteiger partial charge in [-0.15, -0.1) is 0 Å². The van der Waals surface area contributed by atoms with Crippen molar-refractivity contribution in [1.29, 1.82) is 0 Å². The minimum atomic E-state index is -1.05. The van der Waals surface area contributed by atoms with Gasteiger partial charge < -0.3 is 9.52 Å². The zero-order valence-electron chi connectivity index (χ0n) is 12.9. The number of aromatic carboxylic acids is 1. The molecule has 3 rings (SSSR count). The molecule has 1 aromatic heterocycles. The lowest BCUT2D eigenvalue weighted by Crippen LogP contribution is -2.25. The van der Waals surface area contributed by atoms with E-state index in [9.17, 15) is 4.79 Å². The molecule has 116 valence electrons. The Kier molecular flexibility index (Phi) is 3.98. The summed E-state index contributed by atoms with van der Waals surface area (Å²) in [7, 11) is 0. The first-order valence-electron chi connectivity index (χ1n) is 7.51. The highest BCUT2D eigenvalue weighted by molar-refractivity contribution is 5.84. The Morgan fingerprint density at radius 2 is 2.14 bits per heavy atom. The lowest BCUT2D eigenvalue weighted by atomic mass is 10.1. The SMILES string of the molecule is Cc1ccc(C)c(CN(Cc2nc(C(=O)O)co2)C2CC2)c1. The maximum atomic E-state index is 10.9. The second-order valence-electron chi connectivity index (χ2n) is 6.00. The topological polar surface area (TPSA) is 66.6 Å². The van der Waals surface area contributed by atoms with Gasteiger partial charge in [-0.25, -0.2) is 9.78 Å². The predicted octanol–water partition coefficient (Wildman–Crippen LogP) is 3.15. The molecular formula is C17H20N2O3. The van der Waals surface area contributed by atoms with Crippen LogP contribution in [-0.2, 0) is 13.1 Å². The second-order valence-corrected chi connectivity index (χ2v) is 6.00. The van der Waals surface area contributed by atoms with Gasteiger partial charge >= 0.3 is 5.97 Å². The molecule has 1 aliphatic carbocycles. The van der Waals surface area contributed by atoms with Gasteiger partial charge in [-0.1, -0.05) is 23.8 Å². The van der Waals surface area contributed by atoms with Crippen LogP contribution >= 0.6 is 0 Å². The number of oxazole rings is 1. The van der Waals surface area contributed by atoms with Gasteiger partial charge in [-0.3, -0.25) is 4.90 Å². The number of aryl methyl sites for hydroxylation is 2. The Morgan fingerprint density at radius 3 is 2.77 bits per heavy atom. The highest BCUT2D eigenvalue weighted by Gasteiger charge is 2.30. The predicted molar refractivity (Wildman–Crippen MR) is 81.6 cm³/mol. The van der Waals surface area contributed by atoms with Gasteiger partial charge in [0.25, 0.3) is 0 Å². The van der Waals surface area contributed by atoms with Crippen molar-refractivity contribution >= 4 is 5.97 Å². The van der Waals surface area contributed by atoms with Crippen molar-refractivity contribution in [3.8, 4) is 0 Å². The van der Waals surface area contributed by atoms with Gasteiger partial charge in [0.2, 0.25) is 5.89 Å². The van der Waals surface area contributed by atoms with Crippen LogP contribution in [0.5, 0.6) is 0 Å². The van der Waals surface area contributed by atoms with Crippen molar-refractivity contribution in [2.75, 3.05) is 0 Å². The summed E-state index contributed by atoms with van der Waals surface area (Å²) >= 11 is 0. The minimum absolute atomic E-state index is 0.0301. The highest BCUT2D eigenvalue weighted by atomic mass is 16.4. The number of hydrogen-bond donors (Lipinski definition) is 1. The summed E-state index contributed by atoms with van der Waals surface area (Å²) in [4.78, 5) is 17.2. The average molecular weight is 300 g/mol. The fraction of sp³-hybridized carbons (Fsp3) is 0.412. The minimum Gasteiger partial charge on any atom is -0.476 e. The fourth-order valence-corrected chi connectivity index (χ4v) is 2.60. The normalized spacial score (nSPS) is 14.5. The molecule has 0 spiro atoms. The molecular weight excluding hydrogens is 280 g/mol. The van der Waals surface area contributed by atoms with Crippen LogP contribution in [0, 0.1) is 13.8 Å². The molecule has 1 fully saturated rings. The van der Waals surface area contributed by atoms with E-state index in [4.69, 9.17) is 9.52 Å². The summed E-state index contributed by atoms with van der Waals surface area (Å²) in [5.74, 6) is -0.586. The number of nitrogens with zero attached hydrogens (tertiary/aromatic N) is 2. The molecule has 1 aliphatic rings. The lowest BCUT2D eigenvalue weighted by molar-refractivity contribution is 0.0690. The van der Waals surface area contributed by atoms with E-state index >= 15 is 0 Å². The maximum absolute atomic E-state index is 10.9. The Labute approximate surface area is 129 Å². The first-order valence-corrected chi connectivity index (χ1v) is 7.51. The molecule has 5 heteroatoms. The van der Waals surface area contributed by atoms with Gasteiger partial charge in [0.15, 0.2) is 5.69 Å². The van der Waals surface area contributed by atoms with Crippen LogP contribution in [0.3, 0.4) is 0 Å². The Morgan fingerprint density at radius 1 is 1.36 bits per heavy atom. The first-order chi connectivity index (χ1) is 10.5. The van der Waals surface area contributed by atoms with Gasteiger partial charge in [0.1, 0.15) is 6.26 Å². The van der Waals surface area contributed by atoms with Crippen molar-refractivity contribution < 1.29 is 14.3 Å². The molecule has 0 saturated heterocycles. The Hall–Kier alpha value is -2.14. The number of carboxylic acid groups (broad SMARTS) is 1. The van der Waals surface area contributed by atoms with Crippen LogP contribution < -0.4 is 0 Å². The molecule has 0 bridgehead atoms. The number of hydrogen-bond acceptors (Lipinski definition) is 4. The molecule has 1 heterocycles. The van der Waals surface area contributed by atoms with E-state index in [1.165, 1.54) is 35.8 Å². The van der Waals surface area contributed by atoms with Gasteiger partial charge in [0.05, 0.1) is 6.54 Å². The highest BCUT2D eigenvalue weighted by Crippen LogP contribution is 2.30. The molecule has 5 nitrogen and oxygen atoms in total. The molecule has 1 N–H and O–H groups in total. The molecule has 1 saturated carbocycles. The smallest absolute Gasteiger partial charge is 0.357 e. The van der Waals surface area contributed by atoms with E-state index in [-0.39, 0.29) is 5.69 Å². The molecule has 0 amide bonds. The van der Waals surface area contributed by atoms with Crippen LogP contribution in [0.15, 0.2) is 28.9 Å². The molecule has 0 aliphatic heterocycles. The van der Waals surface area contributed by atoms with Crippen LogP contribution in [0.4, 0.5) is 0 Å². The van der Waals surface area contributed by atoms with E-state index in [2.05, 4.69) is 41.9 Å². The summed E-state index contributed by atoms with van der Waals surface area (Å²) < 4.78 is 5.29. The Bertz CT molecular complexity index is 689. The lowest BCUT2D eigenvalue weighted by Gasteiger charge is -2.21. The first kappa shape index (κ1) is 14.8. The summed E-state index contributed by atoms with van der Waals surface area (Å²) in [6, 6.07) is 7.01. The van der Waals surface area contributed by atoms with E-state index in [1.54, 1.807) is 0 Å². The van der Waals surface area contributed by atoms with E-state index < -0.39 is 5.97 Å². The third kappa shape index (κ3) is 3.36. The van der Waals surface area contributed by atoms with Crippen molar-refractivity contribution in [1.82, 2.24) is 9.88 Å². The fourth-order valence-electron chi connectivity index (χ4n) is 2.60. The quantitative estimate of drug-likeness (QED) is 0.887. The summed E-state index contributed by atoms with van der Waals surface area (Å²) in [5, 5.41) is 8.92. The molecule has 0 atom stereocenters. The Balaban J connectivity index is 1.75. The monoisotopic (exact) mass is 300 g/mol. The third-order valence-corrected chi connectivity index (χ3v) is 4.05. The number of carboxylic acids is 1. The second kappa shape index (κ2) is 5.93. The number of benzene rings is 1. The maximum Gasteiger partial charge on any atom is 0.357 e. The zero-order chi connectivity index (χ0) is 15.7. The zero-order valence-corrected chi connectivity index (χ0v) is 12.9. The van der Waals surface area contributed by atoms with Crippen LogP contribution in [0.1, 0.15) is 45.9 Å². The van der Waals surface area contributed by atoms with Gasteiger partial charge in [-0.05, 0) is 37.8 Å². The van der Waals surface area contributed by atoms with Crippen molar-refractivity contribution in [3.05, 3.63) is 52.7 Å². The van der Waals surface area contributed by atoms with Crippen molar-refractivity contribution in [2.24, 2.45) is 0 Å². The van der Waals surface area contributed by atoms with Crippen LogP contribution in [0.25, 0.3) is 0 Å². The van der Waals surface area contributed by atoms with Gasteiger partial charge in [-0.2, -0.15) is 0 Å². The van der Waals surface area contributed by atoms with Crippen molar-refractivity contribution in [2.45, 2.75) is 45.8 Å². The number of aromatic nitrogens is 1. The number of carbonyl (C=O) groups is 1. The summed E-state index contributed by atoms with van der Waals surface area (Å²) in [6.07, 6.45) is 3.56. The van der Waals surface area contributed by atoms with Gasteiger partial charge in [0, 0.05) is 12.6 Å². The largest absolute Gasteiger partial charge is 0.476 e. The van der Waals surface area contributed by atoms with Crippen LogP contribution in [0.2, 0.25) is 0 Å². The molecule has 2 aromatic rings. The van der Waals surface area contributed by atoms with Crippen molar-refractivity contribution in [3.63, 3.8) is 0 Å². The third-order valence-electron chi connectivity index (χ3n) is 4.05. The average Bonchev–Trinajstić information content (AvgIpc) is 3.21. The molecule has 1 aromatic carbocycles. The van der Waals surface area contributed by atoms with E-state index in [1.807, 2.05) is 0 Å². The standard InChI is InChI=1S/C17H20N2O3/c1-11-3-4-12(2)13(7-11)8-19(14-5-6-14)9-16-18-15(10-22-16)17(20)21/h3-4,7,10,14H,5-6,8-9H2,1-2H3,(H,20,21). The molecule has 0 unspecified atom stereocenters. The van der Waals surface area contributed by atoms with E-state index in [0.29, 0.717) is 18.5 Å². The molecule has 0 radical (unpaired) electrons. The summed E-state index contributed by atoms with van der Waals surface area (Å²) in [6.45, 7) is 5.60.